The van der Waals surface area contributed by atoms with E-state index >= 15 is 0 Å². The van der Waals surface area contributed by atoms with E-state index in [-0.39, 0.29) is 17.2 Å². The third-order valence-corrected chi connectivity index (χ3v) is 5.49. The molecule has 2 saturated heterocycles. The molecule has 3 rings (SSSR count). The lowest BCUT2D eigenvalue weighted by molar-refractivity contribution is -0.132. The van der Waals surface area contributed by atoms with Gasteiger partial charge in [-0.3, -0.25) is 9.59 Å². The number of nitrogens with one attached hydrogen (secondary N) is 2. The largest absolute Gasteiger partial charge is 0.356 e. The fourth-order valence-electron chi connectivity index (χ4n) is 3.65. The molecule has 130 valence electrons. The molecule has 0 bridgehead atoms. The molecule has 1 aromatic carbocycles. The summed E-state index contributed by atoms with van der Waals surface area (Å²) in [4.78, 5) is 26.5. The Morgan fingerprint density at radius 3 is 2.96 bits per heavy atom. The average molecular weight is 350 g/mol. The van der Waals surface area contributed by atoms with Gasteiger partial charge in [-0.2, -0.15) is 0 Å². The highest BCUT2D eigenvalue weighted by Crippen LogP contribution is 2.37. The van der Waals surface area contributed by atoms with Gasteiger partial charge in [0.05, 0.1) is 5.41 Å². The first kappa shape index (κ1) is 17.2. The van der Waals surface area contributed by atoms with Gasteiger partial charge in [-0.1, -0.05) is 29.8 Å². The summed E-state index contributed by atoms with van der Waals surface area (Å²) in [6, 6.07) is 7.51. The van der Waals surface area contributed by atoms with Gasteiger partial charge in [0.15, 0.2) is 0 Å². The molecule has 1 unspecified atom stereocenters. The summed E-state index contributed by atoms with van der Waals surface area (Å²) >= 11 is 6.09. The molecule has 1 atom stereocenters. The smallest absolute Gasteiger partial charge is 0.227 e. The summed E-state index contributed by atoms with van der Waals surface area (Å²) < 4.78 is 0. The maximum absolute atomic E-state index is 12.2. The van der Waals surface area contributed by atoms with Crippen LogP contribution in [-0.4, -0.2) is 42.9 Å². The van der Waals surface area contributed by atoms with Gasteiger partial charge in [-0.15, -0.1) is 0 Å². The van der Waals surface area contributed by atoms with Gasteiger partial charge in [0.25, 0.3) is 0 Å². The Kier molecular flexibility index (Phi) is 5.41. The Balaban J connectivity index is 1.42. The van der Waals surface area contributed by atoms with Crippen LogP contribution >= 0.6 is 11.6 Å². The second-order valence-corrected chi connectivity index (χ2v) is 7.19. The fourth-order valence-corrected chi connectivity index (χ4v) is 3.85. The molecule has 1 aromatic rings. The number of rotatable bonds is 5. The minimum atomic E-state index is -0.216. The monoisotopic (exact) mass is 349 g/mol. The molecule has 2 N–H and O–H groups in total. The highest BCUT2D eigenvalue weighted by molar-refractivity contribution is 6.31. The predicted molar refractivity (Wildman–Crippen MR) is 93.6 cm³/mol. The van der Waals surface area contributed by atoms with Crippen LogP contribution in [0.5, 0.6) is 0 Å². The summed E-state index contributed by atoms with van der Waals surface area (Å²) in [5, 5.41) is 6.57. The van der Waals surface area contributed by atoms with Crippen LogP contribution in [0.4, 0.5) is 0 Å². The number of hydrogen-bond donors (Lipinski definition) is 2. The lowest BCUT2D eigenvalue weighted by Gasteiger charge is -2.32. The minimum Gasteiger partial charge on any atom is -0.356 e. The first-order valence-electron chi connectivity index (χ1n) is 8.60. The van der Waals surface area contributed by atoms with Crippen LogP contribution in [-0.2, 0) is 16.1 Å². The summed E-state index contributed by atoms with van der Waals surface area (Å²) in [6.07, 6.45) is 3.37. The Morgan fingerprint density at radius 1 is 1.33 bits per heavy atom. The molecule has 1 spiro atoms. The molecule has 0 aromatic heterocycles. The summed E-state index contributed by atoms with van der Waals surface area (Å²) in [7, 11) is 0. The van der Waals surface area contributed by atoms with Crippen LogP contribution in [0.2, 0.25) is 5.02 Å². The van der Waals surface area contributed by atoms with Crippen LogP contribution in [0.3, 0.4) is 0 Å². The lowest BCUT2D eigenvalue weighted by Crippen LogP contribution is -2.47. The van der Waals surface area contributed by atoms with Crippen molar-refractivity contribution >= 4 is 23.4 Å². The van der Waals surface area contributed by atoms with Gasteiger partial charge in [0.1, 0.15) is 0 Å². The van der Waals surface area contributed by atoms with Gasteiger partial charge >= 0.3 is 0 Å². The maximum Gasteiger partial charge on any atom is 0.227 e. The van der Waals surface area contributed by atoms with E-state index in [9.17, 15) is 9.59 Å². The van der Waals surface area contributed by atoms with Gasteiger partial charge in [-0.25, -0.2) is 0 Å². The predicted octanol–water partition coefficient (Wildman–Crippen LogP) is 1.95. The molecular weight excluding hydrogens is 326 g/mol. The molecule has 6 heteroatoms. The normalized spacial score (nSPS) is 24.1. The maximum atomic E-state index is 12.2. The van der Waals surface area contributed by atoms with Crippen molar-refractivity contribution in [2.45, 2.75) is 32.2 Å². The molecule has 0 saturated carbocycles. The molecule has 24 heavy (non-hydrogen) atoms. The average Bonchev–Trinajstić information content (AvgIpc) is 2.99. The third-order valence-electron chi connectivity index (χ3n) is 5.12. The van der Waals surface area contributed by atoms with Crippen molar-refractivity contribution in [2.24, 2.45) is 5.41 Å². The summed E-state index contributed by atoms with van der Waals surface area (Å²) in [5.41, 5.74) is 0.707. The van der Waals surface area contributed by atoms with Crippen LogP contribution in [0.1, 0.15) is 31.2 Å². The van der Waals surface area contributed by atoms with Crippen molar-refractivity contribution in [3.8, 4) is 0 Å². The molecule has 2 fully saturated rings. The van der Waals surface area contributed by atoms with Crippen LogP contribution in [0.25, 0.3) is 0 Å². The zero-order valence-electron chi connectivity index (χ0n) is 13.8. The number of hydrogen-bond acceptors (Lipinski definition) is 3. The Morgan fingerprint density at radius 2 is 2.17 bits per heavy atom. The van der Waals surface area contributed by atoms with Crippen molar-refractivity contribution < 1.29 is 9.59 Å². The summed E-state index contributed by atoms with van der Waals surface area (Å²) in [6.45, 7) is 3.61. The number of amides is 2. The molecular formula is C18H24ClN3O2. The topological polar surface area (TPSA) is 61.4 Å². The van der Waals surface area contributed by atoms with E-state index in [1.54, 1.807) is 0 Å². The van der Waals surface area contributed by atoms with E-state index in [4.69, 9.17) is 11.6 Å². The molecule has 2 aliphatic rings. The number of carbonyl (C=O) groups excluding carboxylic acids is 2. The quantitative estimate of drug-likeness (QED) is 0.854. The lowest BCUT2D eigenvalue weighted by atomic mass is 9.79. The summed E-state index contributed by atoms with van der Waals surface area (Å²) in [5.74, 6) is 0.211. The molecule has 2 amide bonds. The van der Waals surface area contributed by atoms with Crippen LogP contribution in [0, 0.1) is 5.41 Å². The Labute approximate surface area is 147 Å². The first-order chi connectivity index (χ1) is 11.6. The van der Waals surface area contributed by atoms with E-state index < -0.39 is 0 Å². The molecule has 0 radical (unpaired) electrons. The minimum absolute atomic E-state index is 0.0176. The molecule has 2 heterocycles. The molecule has 5 nitrogen and oxygen atoms in total. The van der Waals surface area contributed by atoms with Gasteiger partial charge < -0.3 is 15.5 Å². The van der Waals surface area contributed by atoms with Gasteiger partial charge in [0.2, 0.25) is 11.8 Å². The van der Waals surface area contributed by atoms with E-state index in [0.717, 1.165) is 44.5 Å². The number of carbonyl (C=O) groups is 2. The first-order valence-corrected chi connectivity index (χ1v) is 8.98. The Bertz CT molecular complexity index is 622. The standard InChI is InChI=1S/C18H24ClN3O2/c19-15-5-2-1-4-14(15)12-21-16(23)6-10-22-11-8-18(13-22)7-3-9-20-17(18)24/h1-2,4-5H,3,6-13H2,(H,20,24)(H,21,23). The highest BCUT2D eigenvalue weighted by atomic mass is 35.5. The van der Waals surface area contributed by atoms with Crippen molar-refractivity contribution in [1.82, 2.24) is 15.5 Å². The fraction of sp³-hybridized carbons (Fsp3) is 0.556. The van der Waals surface area contributed by atoms with Crippen molar-refractivity contribution in [1.29, 1.82) is 0 Å². The second-order valence-electron chi connectivity index (χ2n) is 6.78. The van der Waals surface area contributed by atoms with Crippen LogP contribution < -0.4 is 10.6 Å². The van der Waals surface area contributed by atoms with E-state index in [2.05, 4.69) is 15.5 Å². The molecule has 0 aliphatic carbocycles. The van der Waals surface area contributed by atoms with Crippen molar-refractivity contribution in [3.63, 3.8) is 0 Å². The zero-order chi connectivity index (χ0) is 17.0. The SMILES string of the molecule is O=C(CCN1CCC2(CCCNC2=O)C1)NCc1ccccc1Cl. The third kappa shape index (κ3) is 3.90. The number of piperidine rings is 1. The Hall–Kier alpha value is -1.59. The molecule has 2 aliphatic heterocycles. The highest BCUT2D eigenvalue weighted by Gasteiger charge is 2.45. The van der Waals surface area contributed by atoms with Crippen molar-refractivity contribution in [3.05, 3.63) is 34.9 Å². The van der Waals surface area contributed by atoms with E-state index in [1.807, 2.05) is 24.3 Å². The van der Waals surface area contributed by atoms with Gasteiger partial charge in [0, 0.05) is 37.6 Å². The second kappa shape index (κ2) is 7.53. The number of benzene rings is 1. The number of likely N-dealkylation sites (tertiary alicyclic amines) is 1. The van der Waals surface area contributed by atoms with E-state index in [0.29, 0.717) is 24.5 Å². The number of halogens is 1. The van der Waals surface area contributed by atoms with E-state index in [1.165, 1.54) is 0 Å². The number of nitrogens with zero attached hydrogens (tertiary/aromatic N) is 1. The van der Waals surface area contributed by atoms with Crippen molar-refractivity contribution in [2.75, 3.05) is 26.2 Å². The zero-order valence-corrected chi connectivity index (χ0v) is 14.6. The van der Waals surface area contributed by atoms with Gasteiger partial charge in [-0.05, 0) is 37.4 Å². The van der Waals surface area contributed by atoms with Crippen LogP contribution in [0.15, 0.2) is 24.3 Å².